The zero-order valence-corrected chi connectivity index (χ0v) is 10.2. The van der Waals surface area contributed by atoms with E-state index in [1.165, 1.54) is 11.1 Å². The first-order valence-corrected chi connectivity index (χ1v) is 6.44. The summed E-state index contributed by atoms with van der Waals surface area (Å²) in [5, 5.41) is 9.56. The van der Waals surface area contributed by atoms with E-state index < -0.39 is 0 Å². The molecule has 1 saturated carbocycles. The molecular weight excluding hydrogens is 212 g/mol. The topological polar surface area (TPSA) is 37.3 Å². The van der Waals surface area contributed by atoms with E-state index in [1.807, 2.05) is 6.07 Å². The number of rotatable bonds is 0. The Kier molecular flexibility index (Phi) is 2.29. The van der Waals surface area contributed by atoms with Crippen LogP contribution in [0.5, 0.6) is 5.75 Å². The Balaban J connectivity index is 2.07. The Bertz CT molecular complexity index is 478. The third-order valence-electron chi connectivity index (χ3n) is 4.76. The highest BCUT2D eigenvalue weighted by atomic mass is 16.3. The summed E-state index contributed by atoms with van der Waals surface area (Å²) in [6.45, 7) is 2.29. The number of phenols is 1. The Morgan fingerprint density at radius 2 is 2.18 bits per heavy atom. The molecule has 1 fully saturated rings. The molecule has 1 unspecified atom stereocenters. The van der Waals surface area contributed by atoms with E-state index in [-0.39, 0.29) is 5.41 Å². The van der Waals surface area contributed by atoms with Crippen LogP contribution in [0, 0.1) is 5.92 Å². The van der Waals surface area contributed by atoms with Gasteiger partial charge in [0.2, 0.25) is 0 Å². The maximum absolute atomic E-state index is 11.6. The van der Waals surface area contributed by atoms with Crippen LogP contribution in [0.25, 0.3) is 0 Å². The second-order valence-corrected chi connectivity index (χ2v) is 5.74. The number of carbonyl (C=O) groups is 1. The van der Waals surface area contributed by atoms with Crippen molar-refractivity contribution in [2.24, 2.45) is 5.92 Å². The molecule has 1 aromatic carbocycles. The molecular formula is C15H18O2. The zero-order chi connectivity index (χ0) is 12.0. The van der Waals surface area contributed by atoms with Gasteiger partial charge in [0.15, 0.2) is 0 Å². The molecule has 0 saturated heterocycles. The van der Waals surface area contributed by atoms with Gasteiger partial charge in [0, 0.05) is 12.8 Å². The lowest BCUT2D eigenvalue weighted by molar-refractivity contribution is -0.123. The van der Waals surface area contributed by atoms with Crippen molar-refractivity contribution in [1.29, 1.82) is 0 Å². The highest BCUT2D eigenvalue weighted by Crippen LogP contribution is 2.49. The number of aromatic hydroxyl groups is 1. The molecule has 17 heavy (non-hydrogen) atoms. The van der Waals surface area contributed by atoms with Crippen LogP contribution in [-0.4, -0.2) is 10.9 Å². The smallest absolute Gasteiger partial charge is 0.133 e. The van der Waals surface area contributed by atoms with Gasteiger partial charge in [0.25, 0.3) is 0 Å². The van der Waals surface area contributed by atoms with Crippen molar-refractivity contribution in [2.75, 3.05) is 0 Å². The van der Waals surface area contributed by atoms with Crippen LogP contribution in [0.3, 0.4) is 0 Å². The largest absolute Gasteiger partial charge is 0.508 e. The van der Waals surface area contributed by atoms with Gasteiger partial charge in [-0.3, -0.25) is 4.79 Å². The molecule has 1 aromatic rings. The van der Waals surface area contributed by atoms with E-state index in [0.29, 0.717) is 23.9 Å². The molecule has 90 valence electrons. The molecule has 3 rings (SSSR count). The molecule has 2 heteroatoms. The average Bonchev–Trinajstić information content (AvgIpc) is 2.30. The quantitative estimate of drug-likeness (QED) is 0.744. The molecule has 2 aliphatic carbocycles. The van der Waals surface area contributed by atoms with Crippen LogP contribution in [0.2, 0.25) is 0 Å². The first kappa shape index (κ1) is 10.8. The fourth-order valence-corrected chi connectivity index (χ4v) is 3.65. The number of benzene rings is 1. The van der Waals surface area contributed by atoms with E-state index in [0.717, 1.165) is 25.7 Å². The van der Waals surface area contributed by atoms with Gasteiger partial charge in [-0.15, -0.1) is 0 Å². The van der Waals surface area contributed by atoms with Crippen LogP contribution in [-0.2, 0) is 16.6 Å². The second-order valence-electron chi connectivity index (χ2n) is 5.74. The van der Waals surface area contributed by atoms with E-state index in [9.17, 15) is 9.90 Å². The van der Waals surface area contributed by atoms with E-state index in [2.05, 4.69) is 13.0 Å². The van der Waals surface area contributed by atoms with Crippen molar-refractivity contribution in [1.82, 2.24) is 0 Å². The minimum atomic E-state index is 0.148. The molecule has 2 atom stereocenters. The molecule has 0 aromatic heterocycles. The van der Waals surface area contributed by atoms with Gasteiger partial charge < -0.3 is 5.11 Å². The minimum absolute atomic E-state index is 0.148. The standard InChI is InChI=1S/C15H18O2/c1-15-7-6-13(17)9-11(15)3-2-10-8-12(16)4-5-14(10)15/h4-5,8,11,16H,2-3,6-7,9H2,1H3/t11-,15?/m0/s1. The number of Topliss-reactive ketones (excluding diaryl/α,β-unsaturated/α-hetero) is 1. The zero-order valence-electron chi connectivity index (χ0n) is 10.2. The summed E-state index contributed by atoms with van der Waals surface area (Å²) in [6.07, 6.45) is 4.51. The molecule has 2 aliphatic rings. The van der Waals surface area contributed by atoms with Gasteiger partial charge in [-0.25, -0.2) is 0 Å². The van der Waals surface area contributed by atoms with Gasteiger partial charge in [-0.1, -0.05) is 13.0 Å². The van der Waals surface area contributed by atoms with Crippen molar-refractivity contribution in [2.45, 2.75) is 44.4 Å². The summed E-state index contributed by atoms with van der Waals surface area (Å²) in [5.74, 6) is 1.29. The summed E-state index contributed by atoms with van der Waals surface area (Å²) in [5.41, 5.74) is 2.78. The van der Waals surface area contributed by atoms with Crippen molar-refractivity contribution in [3.05, 3.63) is 29.3 Å². The fourth-order valence-electron chi connectivity index (χ4n) is 3.65. The molecule has 0 aliphatic heterocycles. The van der Waals surface area contributed by atoms with Crippen molar-refractivity contribution in [3.8, 4) is 5.75 Å². The molecule has 0 heterocycles. The first-order valence-electron chi connectivity index (χ1n) is 6.44. The minimum Gasteiger partial charge on any atom is -0.508 e. The summed E-state index contributed by atoms with van der Waals surface area (Å²) in [4.78, 5) is 11.6. The molecule has 0 bridgehead atoms. The third kappa shape index (κ3) is 1.58. The predicted molar refractivity (Wildman–Crippen MR) is 66.1 cm³/mol. The van der Waals surface area contributed by atoms with Crippen LogP contribution >= 0.6 is 0 Å². The maximum Gasteiger partial charge on any atom is 0.133 e. The first-order chi connectivity index (χ1) is 8.09. The number of carbonyl (C=O) groups excluding carboxylic acids is 1. The van der Waals surface area contributed by atoms with Crippen LogP contribution < -0.4 is 0 Å². The van der Waals surface area contributed by atoms with Gasteiger partial charge in [0.05, 0.1) is 0 Å². The lowest BCUT2D eigenvalue weighted by Crippen LogP contribution is -2.41. The molecule has 0 amide bonds. The van der Waals surface area contributed by atoms with Crippen LogP contribution in [0.4, 0.5) is 0 Å². The number of hydrogen-bond acceptors (Lipinski definition) is 2. The Labute approximate surface area is 102 Å². The van der Waals surface area contributed by atoms with Gasteiger partial charge in [-0.05, 0) is 53.9 Å². The lowest BCUT2D eigenvalue weighted by Gasteiger charge is -2.46. The number of fused-ring (bicyclic) bond motifs is 3. The molecule has 1 N–H and O–H groups in total. The molecule has 2 nitrogen and oxygen atoms in total. The fraction of sp³-hybridized carbons (Fsp3) is 0.533. The number of ketones is 1. The molecule has 0 spiro atoms. The maximum atomic E-state index is 11.6. The van der Waals surface area contributed by atoms with E-state index >= 15 is 0 Å². The number of aryl methyl sites for hydroxylation is 1. The van der Waals surface area contributed by atoms with Crippen molar-refractivity contribution < 1.29 is 9.90 Å². The summed E-state index contributed by atoms with van der Waals surface area (Å²) >= 11 is 0. The Morgan fingerprint density at radius 3 is 3.00 bits per heavy atom. The molecule has 0 radical (unpaired) electrons. The normalized spacial score (nSPS) is 31.8. The SMILES string of the molecule is CC12CCC(=O)C[C@@H]1CCc1cc(O)ccc12. The predicted octanol–water partition coefficient (Wildman–Crippen LogP) is 2.97. The van der Waals surface area contributed by atoms with Crippen LogP contribution in [0.15, 0.2) is 18.2 Å². The summed E-state index contributed by atoms with van der Waals surface area (Å²) < 4.78 is 0. The Hall–Kier alpha value is -1.31. The lowest BCUT2D eigenvalue weighted by atomic mass is 9.58. The number of hydrogen-bond donors (Lipinski definition) is 1. The van der Waals surface area contributed by atoms with Crippen molar-refractivity contribution in [3.63, 3.8) is 0 Å². The Morgan fingerprint density at radius 1 is 1.35 bits per heavy atom. The van der Waals surface area contributed by atoms with Crippen molar-refractivity contribution >= 4 is 5.78 Å². The van der Waals surface area contributed by atoms with Crippen LogP contribution in [0.1, 0.15) is 43.7 Å². The third-order valence-corrected chi connectivity index (χ3v) is 4.76. The monoisotopic (exact) mass is 230 g/mol. The average molecular weight is 230 g/mol. The highest BCUT2D eigenvalue weighted by Gasteiger charge is 2.43. The van der Waals surface area contributed by atoms with Gasteiger partial charge in [-0.2, -0.15) is 0 Å². The van der Waals surface area contributed by atoms with E-state index in [4.69, 9.17) is 0 Å². The second kappa shape index (κ2) is 3.59. The van der Waals surface area contributed by atoms with Gasteiger partial charge in [0.1, 0.15) is 11.5 Å². The number of phenolic OH excluding ortho intramolecular Hbond substituents is 1. The summed E-state index contributed by atoms with van der Waals surface area (Å²) in [6, 6.07) is 5.74. The van der Waals surface area contributed by atoms with E-state index in [1.54, 1.807) is 6.07 Å². The summed E-state index contributed by atoms with van der Waals surface area (Å²) in [7, 11) is 0. The highest BCUT2D eigenvalue weighted by molar-refractivity contribution is 5.80. The van der Waals surface area contributed by atoms with Gasteiger partial charge >= 0.3 is 0 Å².